The molecule has 0 radical (unpaired) electrons. The van der Waals surface area contributed by atoms with Gasteiger partial charge in [-0.2, -0.15) is 13.2 Å². The maximum Gasteiger partial charge on any atom is 0.416 e. The number of thioether (sulfide) groups is 1. The average Bonchev–Trinajstić information content (AvgIpc) is 2.91. The Morgan fingerprint density at radius 1 is 1.08 bits per heavy atom. The molecule has 0 N–H and O–H groups in total. The Bertz CT molecular complexity index is 797. The standard InChI is InChI=1S/C16H10Cl2F3NOS/c17-12-6-5-9(7-13(12)18)22-14(23)8-24-15(22)10-3-1-2-4-11(10)16(19,20)21/h1-7,15H,8H2. The summed E-state index contributed by atoms with van der Waals surface area (Å²) in [6.07, 6.45) is -4.49. The predicted molar refractivity (Wildman–Crippen MR) is 90.6 cm³/mol. The summed E-state index contributed by atoms with van der Waals surface area (Å²) >= 11 is 13.0. The van der Waals surface area contributed by atoms with Gasteiger partial charge in [-0.1, -0.05) is 41.4 Å². The lowest BCUT2D eigenvalue weighted by molar-refractivity contribution is -0.138. The molecule has 8 heteroatoms. The van der Waals surface area contributed by atoms with Crippen LogP contribution in [0, 0.1) is 0 Å². The molecule has 2 nitrogen and oxygen atoms in total. The van der Waals surface area contributed by atoms with Crippen molar-refractivity contribution in [2.24, 2.45) is 0 Å². The molecule has 126 valence electrons. The molecule has 0 aliphatic carbocycles. The van der Waals surface area contributed by atoms with Crippen LogP contribution >= 0.6 is 35.0 Å². The first-order valence-corrected chi connectivity index (χ1v) is 8.64. The Hall–Kier alpha value is -1.37. The first-order valence-electron chi connectivity index (χ1n) is 6.84. The molecule has 0 spiro atoms. The fourth-order valence-corrected chi connectivity index (χ4v) is 4.04. The van der Waals surface area contributed by atoms with Crippen molar-refractivity contribution in [1.29, 1.82) is 0 Å². The van der Waals surface area contributed by atoms with Crippen LogP contribution in [0.25, 0.3) is 0 Å². The second-order valence-electron chi connectivity index (χ2n) is 5.11. The molecule has 0 bridgehead atoms. The summed E-state index contributed by atoms with van der Waals surface area (Å²) in [6.45, 7) is 0. The van der Waals surface area contributed by atoms with E-state index < -0.39 is 17.1 Å². The number of benzene rings is 2. The number of amides is 1. The first kappa shape index (κ1) is 17.5. The monoisotopic (exact) mass is 391 g/mol. The zero-order chi connectivity index (χ0) is 17.5. The van der Waals surface area contributed by atoms with Crippen LogP contribution in [-0.2, 0) is 11.0 Å². The first-order chi connectivity index (χ1) is 11.3. The topological polar surface area (TPSA) is 20.3 Å². The highest BCUT2D eigenvalue weighted by Crippen LogP contribution is 2.46. The van der Waals surface area contributed by atoms with Crippen LogP contribution < -0.4 is 4.90 Å². The molecule has 2 aromatic carbocycles. The van der Waals surface area contributed by atoms with Crippen LogP contribution in [0.15, 0.2) is 42.5 Å². The van der Waals surface area contributed by atoms with E-state index in [0.717, 1.165) is 17.8 Å². The molecule has 3 rings (SSSR count). The van der Waals surface area contributed by atoms with Crippen molar-refractivity contribution < 1.29 is 18.0 Å². The lowest BCUT2D eigenvalue weighted by Crippen LogP contribution is -2.29. The molecular weight excluding hydrogens is 382 g/mol. The van der Waals surface area contributed by atoms with Gasteiger partial charge in [0.25, 0.3) is 0 Å². The van der Waals surface area contributed by atoms with Crippen LogP contribution in [0.1, 0.15) is 16.5 Å². The Labute approximate surface area is 150 Å². The molecule has 1 aliphatic rings. The van der Waals surface area contributed by atoms with Gasteiger partial charge < -0.3 is 0 Å². The minimum Gasteiger partial charge on any atom is -0.295 e. The number of carbonyl (C=O) groups excluding carboxylic acids is 1. The maximum atomic E-state index is 13.3. The molecule has 1 saturated heterocycles. The predicted octanol–water partition coefficient (Wildman–Crippen LogP) is 5.79. The molecule has 0 saturated carbocycles. The van der Waals surface area contributed by atoms with Gasteiger partial charge in [-0.25, -0.2) is 0 Å². The summed E-state index contributed by atoms with van der Waals surface area (Å²) in [6, 6.07) is 9.84. The minimum absolute atomic E-state index is 0.0481. The summed E-state index contributed by atoms with van der Waals surface area (Å²) in [5.41, 5.74) is -0.282. The number of anilines is 1. The van der Waals surface area contributed by atoms with E-state index in [0.29, 0.717) is 10.7 Å². The summed E-state index contributed by atoms with van der Waals surface area (Å²) < 4.78 is 39.9. The van der Waals surface area contributed by atoms with Gasteiger partial charge in [0.2, 0.25) is 5.91 Å². The Kier molecular flexibility index (Phi) is 4.73. The summed E-state index contributed by atoms with van der Waals surface area (Å²) in [5.74, 6) is -0.183. The highest BCUT2D eigenvalue weighted by atomic mass is 35.5. The molecule has 1 fully saturated rings. The molecule has 1 atom stereocenters. The van der Waals surface area contributed by atoms with E-state index in [-0.39, 0.29) is 22.2 Å². The zero-order valence-corrected chi connectivity index (χ0v) is 14.3. The molecule has 1 amide bonds. The van der Waals surface area contributed by atoms with Gasteiger partial charge >= 0.3 is 6.18 Å². The SMILES string of the molecule is O=C1CSC(c2ccccc2C(F)(F)F)N1c1ccc(Cl)c(Cl)c1. The van der Waals surface area contributed by atoms with Crippen LogP contribution in [0.5, 0.6) is 0 Å². The zero-order valence-electron chi connectivity index (χ0n) is 12.0. The van der Waals surface area contributed by atoms with Crippen LogP contribution in [0.2, 0.25) is 10.0 Å². The third-order valence-corrected chi connectivity index (χ3v) is 5.51. The van der Waals surface area contributed by atoms with Gasteiger partial charge in [-0.05, 0) is 29.8 Å². The van der Waals surface area contributed by atoms with Crippen molar-refractivity contribution in [2.45, 2.75) is 11.6 Å². The van der Waals surface area contributed by atoms with Crippen LogP contribution in [0.3, 0.4) is 0 Å². The van der Waals surface area contributed by atoms with Crippen LogP contribution in [-0.4, -0.2) is 11.7 Å². The van der Waals surface area contributed by atoms with Gasteiger partial charge in [-0.3, -0.25) is 9.69 Å². The van der Waals surface area contributed by atoms with Crippen molar-refractivity contribution >= 4 is 46.6 Å². The van der Waals surface area contributed by atoms with Crippen molar-refractivity contribution in [3.63, 3.8) is 0 Å². The number of nitrogens with zero attached hydrogens (tertiary/aromatic N) is 1. The van der Waals surface area contributed by atoms with E-state index in [1.54, 1.807) is 6.07 Å². The van der Waals surface area contributed by atoms with Crippen molar-refractivity contribution in [3.8, 4) is 0 Å². The van der Waals surface area contributed by atoms with E-state index in [1.807, 2.05) is 0 Å². The summed E-state index contributed by atoms with van der Waals surface area (Å²) in [4.78, 5) is 13.6. The number of alkyl halides is 3. The largest absolute Gasteiger partial charge is 0.416 e. The van der Waals surface area contributed by atoms with E-state index in [9.17, 15) is 18.0 Å². The molecule has 2 aromatic rings. The number of halogens is 5. The highest BCUT2D eigenvalue weighted by molar-refractivity contribution is 8.00. The fraction of sp³-hybridized carbons (Fsp3) is 0.188. The van der Waals surface area contributed by atoms with Crippen molar-refractivity contribution in [1.82, 2.24) is 0 Å². The van der Waals surface area contributed by atoms with E-state index >= 15 is 0 Å². The van der Waals surface area contributed by atoms with E-state index in [1.165, 1.54) is 35.2 Å². The number of hydrogen-bond donors (Lipinski definition) is 0. The second kappa shape index (κ2) is 6.50. The molecule has 0 aromatic heterocycles. The van der Waals surface area contributed by atoms with Gasteiger partial charge in [0.1, 0.15) is 5.37 Å². The molecule has 1 unspecified atom stereocenters. The maximum absolute atomic E-state index is 13.3. The van der Waals surface area contributed by atoms with E-state index in [2.05, 4.69) is 0 Å². The summed E-state index contributed by atoms with van der Waals surface area (Å²) in [5, 5.41) is -0.221. The minimum atomic E-state index is -4.49. The quantitative estimate of drug-likeness (QED) is 0.645. The number of carbonyl (C=O) groups is 1. The van der Waals surface area contributed by atoms with Gasteiger partial charge in [0.05, 0.1) is 21.4 Å². The highest BCUT2D eigenvalue weighted by Gasteiger charge is 2.41. The molecular formula is C16H10Cl2F3NOS. The van der Waals surface area contributed by atoms with Crippen LogP contribution in [0.4, 0.5) is 18.9 Å². The van der Waals surface area contributed by atoms with Crippen molar-refractivity contribution in [3.05, 3.63) is 63.6 Å². The van der Waals surface area contributed by atoms with Crippen molar-refractivity contribution in [2.75, 3.05) is 10.7 Å². The molecule has 1 aliphatic heterocycles. The molecule has 24 heavy (non-hydrogen) atoms. The van der Waals surface area contributed by atoms with Gasteiger partial charge in [-0.15, -0.1) is 11.8 Å². The fourth-order valence-electron chi connectivity index (χ4n) is 2.54. The third kappa shape index (κ3) is 3.23. The van der Waals surface area contributed by atoms with Gasteiger partial charge in [0, 0.05) is 5.69 Å². The second-order valence-corrected chi connectivity index (χ2v) is 6.99. The van der Waals surface area contributed by atoms with E-state index in [4.69, 9.17) is 23.2 Å². The summed E-state index contributed by atoms with van der Waals surface area (Å²) in [7, 11) is 0. The average molecular weight is 392 g/mol. The molecule has 1 heterocycles. The Morgan fingerprint density at radius 2 is 1.79 bits per heavy atom. The number of rotatable bonds is 2. The third-order valence-electron chi connectivity index (χ3n) is 3.58. The Balaban J connectivity index is 2.08. The normalized spacial score (nSPS) is 18.3. The smallest absolute Gasteiger partial charge is 0.295 e. The van der Waals surface area contributed by atoms with Gasteiger partial charge in [0.15, 0.2) is 0 Å². The Morgan fingerprint density at radius 3 is 2.46 bits per heavy atom. The lowest BCUT2D eigenvalue weighted by atomic mass is 10.1. The number of hydrogen-bond acceptors (Lipinski definition) is 2. The lowest BCUT2D eigenvalue weighted by Gasteiger charge is -2.26.